The first-order valence-electron chi connectivity index (χ1n) is 5.68. The molecule has 0 fully saturated rings. The molecule has 0 spiro atoms. The van der Waals surface area contributed by atoms with Crippen molar-refractivity contribution in [1.82, 2.24) is 0 Å². The number of halogens is 2. The smallest absolute Gasteiger partial charge is 0.185 e. The van der Waals surface area contributed by atoms with Gasteiger partial charge in [-0.3, -0.25) is 0 Å². The predicted molar refractivity (Wildman–Crippen MR) is 82.6 cm³/mol. The molecule has 1 heterocycles. The van der Waals surface area contributed by atoms with Crippen LogP contribution in [0.1, 0.15) is 5.76 Å². The molecule has 0 saturated carbocycles. The van der Waals surface area contributed by atoms with Gasteiger partial charge in [0.25, 0.3) is 0 Å². The quantitative estimate of drug-likeness (QED) is 0.785. The van der Waals surface area contributed by atoms with E-state index in [2.05, 4.69) is 0 Å². The summed E-state index contributed by atoms with van der Waals surface area (Å²) in [5.41, 5.74) is 0.585. The third kappa shape index (κ3) is 3.67. The van der Waals surface area contributed by atoms with Crippen LogP contribution in [-0.2, 0) is 9.84 Å². The van der Waals surface area contributed by atoms with Crippen LogP contribution < -0.4 is 0 Å². The van der Waals surface area contributed by atoms with Gasteiger partial charge in [-0.2, -0.15) is 5.26 Å². The molecule has 0 saturated heterocycles. The largest absolute Gasteiger partial charge is 0.457 e. The summed E-state index contributed by atoms with van der Waals surface area (Å²) in [4.78, 5) is -0.374. The molecular formula is C14H9Cl2NO3S. The summed E-state index contributed by atoms with van der Waals surface area (Å²) < 4.78 is 28.2. The second kappa shape index (κ2) is 5.94. The van der Waals surface area contributed by atoms with Crippen LogP contribution in [0.3, 0.4) is 0 Å². The Balaban J connectivity index is 2.46. The number of nitrogens with zero attached hydrogens (tertiary/aromatic N) is 1. The first-order valence-corrected chi connectivity index (χ1v) is 8.33. The topological polar surface area (TPSA) is 71.1 Å². The van der Waals surface area contributed by atoms with E-state index in [0.29, 0.717) is 21.4 Å². The maximum Gasteiger partial charge on any atom is 0.185 e. The van der Waals surface area contributed by atoms with Crippen molar-refractivity contribution in [2.75, 3.05) is 6.26 Å². The van der Waals surface area contributed by atoms with Crippen molar-refractivity contribution in [3.05, 3.63) is 51.0 Å². The number of furan rings is 1. The lowest BCUT2D eigenvalue weighted by Crippen LogP contribution is -1.97. The highest BCUT2D eigenvalue weighted by atomic mass is 35.5. The molecule has 21 heavy (non-hydrogen) atoms. The average Bonchev–Trinajstić information content (AvgIpc) is 2.86. The monoisotopic (exact) mass is 341 g/mol. The van der Waals surface area contributed by atoms with Crippen molar-refractivity contribution in [3.63, 3.8) is 0 Å². The van der Waals surface area contributed by atoms with E-state index in [0.717, 1.165) is 12.3 Å². The second-order valence-electron chi connectivity index (χ2n) is 4.22. The first-order chi connectivity index (χ1) is 9.81. The molecule has 0 aliphatic carbocycles. The van der Waals surface area contributed by atoms with E-state index in [-0.39, 0.29) is 10.7 Å². The molecule has 7 heteroatoms. The number of hydrogen-bond donors (Lipinski definition) is 0. The minimum absolute atomic E-state index is 0.239. The van der Waals surface area contributed by atoms with Gasteiger partial charge in [0, 0.05) is 22.9 Å². The molecule has 4 nitrogen and oxygen atoms in total. The Morgan fingerprint density at radius 2 is 2.00 bits per heavy atom. The third-order valence-electron chi connectivity index (χ3n) is 2.60. The summed E-state index contributed by atoms with van der Waals surface area (Å²) in [6.45, 7) is 0. The fraction of sp³-hybridized carbons (Fsp3) is 0.0714. The van der Waals surface area contributed by atoms with Gasteiger partial charge in [0.1, 0.15) is 22.5 Å². The van der Waals surface area contributed by atoms with E-state index >= 15 is 0 Å². The fourth-order valence-corrected chi connectivity index (χ4v) is 2.49. The highest BCUT2D eigenvalue weighted by Crippen LogP contribution is 2.32. The molecule has 1 aromatic heterocycles. The molecule has 2 rings (SSSR count). The Morgan fingerprint density at radius 1 is 1.29 bits per heavy atom. The molecule has 2 aromatic rings. The standard InChI is InChI=1S/C14H9Cl2NO3S/c1-21(18,19)11(8-17)7-10-3-5-14(20-10)12-6-9(15)2-4-13(12)16/h2-7H,1H3/b11-7+. The molecule has 0 N–H and O–H groups in total. The van der Waals surface area contributed by atoms with Crippen LogP contribution in [0.5, 0.6) is 0 Å². The Morgan fingerprint density at radius 3 is 2.62 bits per heavy atom. The molecule has 0 aliphatic rings. The van der Waals surface area contributed by atoms with E-state index in [4.69, 9.17) is 32.9 Å². The van der Waals surface area contributed by atoms with Gasteiger partial charge in [0.05, 0.1) is 5.02 Å². The van der Waals surface area contributed by atoms with E-state index in [9.17, 15) is 8.42 Å². The zero-order chi connectivity index (χ0) is 15.6. The van der Waals surface area contributed by atoms with Gasteiger partial charge in [-0.1, -0.05) is 23.2 Å². The molecular weight excluding hydrogens is 333 g/mol. The molecule has 0 aliphatic heterocycles. The second-order valence-corrected chi connectivity index (χ2v) is 7.05. The maximum atomic E-state index is 11.4. The van der Waals surface area contributed by atoms with Gasteiger partial charge in [-0.05, 0) is 30.3 Å². The van der Waals surface area contributed by atoms with Crippen molar-refractivity contribution >= 4 is 39.1 Å². The van der Waals surface area contributed by atoms with Crippen LogP contribution in [0, 0.1) is 11.3 Å². The highest BCUT2D eigenvalue weighted by Gasteiger charge is 2.13. The average molecular weight is 342 g/mol. The predicted octanol–water partition coefficient (Wildman–Crippen LogP) is 4.16. The molecule has 0 bridgehead atoms. The maximum absolute atomic E-state index is 11.4. The van der Waals surface area contributed by atoms with Crippen molar-refractivity contribution in [1.29, 1.82) is 5.26 Å². The van der Waals surface area contributed by atoms with Crippen molar-refractivity contribution in [2.24, 2.45) is 0 Å². The summed E-state index contributed by atoms with van der Waals surface area (Å²) in [5, 5.41) is 9.80. The van der Waals surface area contributed by atoms with E-state index in [1.807, 2.05) is 0 Å². The fourth-order valence-electron chi connectivity index (χ4n) is 1.61. The summed E-state index contributed by atoms with van der Waals surface area (Å²) >= 11 is 12.0. The summed E-state index contributed by atoms with van der Waals surface area (Å²) in [7, 11) is -3.59. The van der Waals surface area contributed by atoms with Gasteiger partial charge in [-0.25, -0.2) is 8.42 Å². The number of allylic oxidation sites excluding steroid dienone is 1. The molecule has 0 atom stereocenters. The van der Waals surface area contributed by atoms with Crippen molar-refractivity contribution in [3.8, 4) is 17.4 Å². The highest BCUT2D eigenvalue weighted by molar-refractivity contribution is 7.95. The molecule has 0 unspecified atom stereocenters. The Hall–Kier alpha value is -1.74. The van der Waals surface area contributed by atoms with Crippen molar-refractivity contribution < 1.29 is 12.8 Å². The Labute approximate surface area is 132 Å². The van der Waals surface area contributed by atoms with Gasteiger partial charge in [0.15, 0.2) is 9.84 Å². The van der Waals surface area contributed by atoms with Crippen molar-refractivity contribution in [2.45, 2.75) is 0 Å². The Bertz CT molecular complexity index is 861. The zero-order valence-corrected chi connectivity index (χ0v) is 13.1. The summed E-state index contributed by atoms with van der Waals surface area (Å²) in [6, 6.07) is 9.72. The van der Waals surface area contributed by atoms with E-state index in [1.54, 1.807) is 36.4 Å². The lowest BCUT2D eigenvalue weighted by molar-refractivity contribution is 0.571. The third-order valence-corrected chi connectivity index (χ3v) is 4.18. The molecule has 0 radical (unpaired) electrons. The van der Waals surface area contributed by atoms with E-state index < -0.39 is 9.84 Å². The lowest BCUT2D eigenvalue weighted by atomic mass is 10.2. The summed E-state index contributed by atoms with van der Waals surface area (Å²) in [6.07, 6.45) is 2.12. The number of hydrogen-bond acceptors (Lipinski definition) is 4. The van der Waals surface area contributed by atoms with Gasteiger partial charge >= 0.3 is 0 Å². The molecule has 1 aromatic carbocycles. The summed E-state index contributed by atoms with van der Waals surface area (Å²) in [5.74, 6) is 0.669. The van der Waals surface area contributed by atoms with Crippen LogP contribution in [0.4, 0.5) is 0 Å². The SMILES string of the molecule is CS(=O)(=O)/C(C#N)=C/c1ccc(-c2cc(Cl)ccc2Cl)o1. The number of benzene rings is 1. The van der Waals surface area contributed by atoms with Gasteiger partial charge in [0.2, 0.25) is 0 Å². The first kappa shape index (κ1) is 15.6. The number of sulfone groups is 1. The number of rotatable bonds is 3. The van der Waals surface area contributed by atoms with E-state index in [1.165, 1.54) is 0 Å². The Kier molecular flexibility index (Phi) is 4.43. The van der Waals surface area contributed by atoms with Crippen LogP contribution in [0.25, 0.3) is 17.4 Å². The number of nitriles is 1. The zero-order valence-electron chi connectivity index (χ0n) is 10.8. The molecule has 0 amide bonds. The van der Waals surface area contributed by atoms with Crippen LogP contribution >= 0.6 is 23.2 Å². The minimum Gasteiger partial charge on any atom is -0.457 e. The van der Waals surface area contributed by atoms with Gasteiger partial charge in [-0.15, -0.1) is 0 Å². The molecule has 108 valence electrons. The minimum atomic E-state index is -3.59. The van der Waals surface area contributed by atoms with Crippen LogP contribution in [0.15, 0.2) is 39.7 Å². The normalized spacial score (nSPS) is 12.2. The van der Waals surface area contributed by atoms with Gasteiger partial charge < -0.3 is 4.42 Å². The lowest BCUT2D eigenvalue weighted by Gasteiger charge is -2.01. The van der Waals surface area contributed by atoms with Crippen LogP contribution in [0.2, 0.25) is 10.0 Å². The van der Waals surface area contributed by atoms with Crippen LogP contribution in [-0.4, -0.2) is 14.7 Å².